The number of alkyl halides is 1. The number of carbonyl (C=O) groups excluding carboxylic acids is 2. The number of ether oxygens (including phenoxy) is 1. The van der Waals surface area contributed by atoms with E-state index in [4.69, 9.17) is 4.74 Å². The molecule has 0 aliphatic carbocycles. The summed E-state index contributed by atoms with van der Waals surface area (Å²) in [5.41, 5.74) is 1.20. The number of rotatable bonds is 6. The Morgan fingerprint density at radius 3 is 1.95 bits per heavy atom. The van der Waals surface area contributed by atoms with Crippen LogP contribution in [0, 0.1) is 0 Å². The summed E-state index contributed by atoms with van der Waals surface area (Å²) in [7, 11) is 1.26. The molecule has 0 amide bonds. The van der Waals surface area contributed by atoms with Gasteiger partial charge in [-0.3, -0.25) is 4.79 Å². The molecular formula is C18H17FO3. The molecule has 0 saturated heterocycles. The van der Waals surface area contributed by atoms with E-state index in [1.54, 1.807) is 54.6 Å². The number of halogens is 1. The molecule has 2 rings (SSSR count). The Kier molecular flexibility index (Phi) is 5.42. The number of methoxy groups -OCH3 is 1. The average molecular weight is 300 g/mol. The van der Waals surface area contributed by atoms with Crippen LogP contribution in [-0.2, 0) is 14.3 Å². The minimum absolute atomic E-state index is 0.233. The van der Waals surface area contributed by atoms with Crippen molar-refractivity contribution >= 4 is 12.3 Å². The Balaban J connectivity index is 2.53. The summed E-state index contributed by atoms with van der Waals surface area (Å²) in [6.07, 6.45) is -1.57. The third-order valence-electron chi connectivity index (χ3n) is 3.63. The molecule has 0 aromatic heterocycles. The fraction of sp³-hybridized carbons (Fsp3) is 0.222. The van der Waals surface area contributed by atoms with Crippen molar-refractivity contribution in [2.75, 3.05) is 7.11 Å². The van der Waals surface area contributed by atoms with E-state index in [1.807, 2.05) is 6.07 Å². The molecule has 0 radical (unpaired) electrons. The lowest BCUT2D eigenvalue weighted by Gasteiger charge is -2.26. The molecule has 0 heterocycles. The van der Waals surface area contributed by atoms with Gasteiger partial charge in [-0.2, -0.15) is 0 Å². The second-order valence-electron chi connectivity index (χ2n) is 4.93. The van der Waals surface area contributed by atoms with Crippen molar-refractivity contribution in [3.63, 3.8) is 0 Å². The summed E-state index contributed by atoms with van der Waals surface area (Å²) in [5, 5.41) is 0. The third kappa shape index (κ3) is 3.39. The van der Waals surface area contributed by atoms with Crippen LogP contribution in [0.5, 0.6) is 0 Å². The van der Waals surface area contributed by atoms with E-state index >= 15 is 0 Å². The van der Waals surface area contributed by atoms with Gasteiger partial charge in [-0.25, -0.2) is 4.39 Å². The van der Waals surface area contributed by atoms with Crippen molar-refractivity contribution in [2.45, 2.75) is 18.0 Å². The Morgan fingerprint density at radius 2 is 1.50 bits per heavy atom. The molecule has 0 bridgehead atoms. The lowest BCUT2D eigenvalue weighted by atomic mass is 9.79. The van der Waals surface area contributed by atoms with E-state index in [-0.39, 0.29) is 6.29 Å². The molecular weight excluding hydrogens is 283 g/mol. The van der Waals surface area contributed by atoms with Crippen LogP contribution in [0.1, 0.15) is 23.0 Å². The summed E-state index contributed by atoms with van der Waals surface area (Å²) >= 11 is 0. The van der Waals surface area contributed by atoms with Crippen molar-refractivity contribution in [1.82, 2.24) is 0 Å². The van der Waals surface area contributed by atoms with Gasteiger partial charge in [-0.15, -0.1) is 0 Å². The Labute approximate surface area is 128 Å². The van der Waals surface area contributed by atoms with Crippen molar-refractivity contribution in [3.05, 3.63) is 71.8 Å². The predicted molar refractivity (Wildman–Crippen MR) is 81.3 cm³/mol. The Morgan fingerprint density at radius 1 is 1.00 bits per heavy atom. The molecule has 0 fully saturated rings. The molecule has 2 aromatic carbocycles. The Bertz CT molecular complexity index is 613. The van der Waals surface area contributed by atoms with Gasteiger partial charge in [0.2, 0.25) is 0 Å². The van der Waals surface area contributed by atoms with Crippen LogP contribution in [0.4, 0.5) is 4.39 Å². The van der Waals surface area contributed by atoms with E-state index in [9.17, 15) is 14.0 Å². The monoisotopic (exact) mass is 300 g/mol. The average Bonchev–Trinajstić information content (AvgIpc) is 2.59. The summed E-state index contributed by atoms with van der Waals surface area (Å²) in [4.78, 5) is 23.3. The first-order chi connectivity index (χ1) is 10.7. The first-order valence-electron chi connectivity index (χ1n) is 6.96. The van der Waals surface area contributed by atoms with Gasteiger partial charge in [0.25, 0.3) is 0 Å². The third-order valence-corrected chi connectivity index (χ3v) is 3.63. The minimum Gasteiger partial charge on any atom is -0.469 e. The molecule has 0 spiro atoms. The lowest BCUT2D eigenvalue weighted by Crippen LogP contribution is -2.29. The smallest absolute Gasteiger partial charge is 0.313 e. The summed E-state index contributed by atoms with van der Waals surface area (Å²) in [5.74, 6) is -2.37. The van der Waals surface area contributed by atoms with Crippen LogP contribution < -0.4 is 0 Å². The lowest BCUT2D eigenvalue weighted by molar-refractivity contribution is -0.143. The highest BCUT2D eigenvalue weighted by atomic mass is 19.1. The van der Waals surface area contributed by atoms with Gasteiger partial charge >= 0.3 is 5.97 Å². The number of esters is 1. The molecule has 4 heteroatoms. The normalized spacial score (nSPS) is 14.6. The number of carbonyl (C=O) groups is 2. The van der Waals surface area contributed by atoms with E-state index in [1.165, 1.54) is 7.11 Å². The van der Waals surface area contributed by atoms with Gasteiger partial charge in [-0.05, 0) is 11.1 Å². The van der Waals surface area contributed by atoms with E-state index in [0.717, 1.165) is 0 Å². The first-order valence-corrected chi connectivity index (χ1v) is 6.96. The number of aldehydes is 1. The van der Waals surface area contributed by atoms with Crippen LogP contribution in [0.15, 0.2) is 60.7 Å². The minimum atomic E-state index is -1.80. The van der Waals surface area contributed by atoms with Gasteiger partial charge in [0.15, 0.2) is 12.5 Å². The summed E-state index contributed by atoms with van der Waals surface area (Å²) in [6.45, 7) is 0. The molecule has 0 saturated carbocycles. The summed E-state index contributed by atoms with van der Waals surface area (Å²) < 4.78 is 19.2. The highest BCUT2D eigenvalue weighted by Crippen LogP contribution is 2.37. The number of hydrogen-bond acceptors (Lipinski definition) is 3. The fourth-order valence-corrected chi connectivity index (χ4v) is 2.60. The molecule has 114 valence electrons. The Hall–Kier alpha value is -2.49. The van der Waals surface area contributed by atoms with Gasteiger partial charge in [0.1, 0.15) is 0 Å². The number of benzene rings is 2. The van der Waals surface area contributed by atoms with Crippen molar-refractivity contribution < 1.29 is 18.7 Å². The second kappa shape index (κ2) is 7.50. The maximum absolute atomic E-state index is 14.3. The molecule has 3 nitrogen and oxygen atoms in total. The van der Waals surface area contributed by atoms with Gasteiger partial charge in [-0.1, -0.05) is 60.7 Å². The van der Waals surface area contributed by atoms with Crippen molar-refractivity contribution in [2.24, 2.45) is 0 Å². The zero-order valence-electron chi connectivity index (χ0n) is 12.2. The van der Waals surface area contributed by atoms with Crippen molar-refractivity contribution in [1.29, 1.82) is 0 Å². The molecule has 3 atom stereocenters. The van der Waals surface area contributed by atoms with Crippen LogP contribution in [0.25, 0.3) is 0 Å². The maximum atomic E-state index is 14.3. The first kappa shape index (κ1) is 15.9. The van der Waals surface area contributed by atoms with Gasteiger partial charge < -0.3 is 9.53 Å². The molecule has 0 N–H and O–H groups in total. The van der Waals surface area contributed by atoms with Crippen LogP contribution in [0.2, 0.25) is 0 Å². The van der Waals surface area contributed by atoms with Gasteiger partial charge in [0, 0.05) is 5.92 Å². The topological polar surface area (TPSA) is 43.4 Å². The largest absolute Gasteiger partial charge is 0.469 e. The van der Waals surface area contributed by atoms with E-state index in [0.29, 0.717) is 11.1 Å². The molecule has 0 unspecified atom stereocenters. The molecule has 22 heavy (non-hydrogen) atoms. The molecule has 0 aliphatic heterocycles. The second-order valence-corrected chi connectivity index (χ2v) is 4.93. The molecule has 2 aromatic rings. The van der Waals surface area contributed by atoms with E-state index < -0.39 is 24.0 Å². The highest BCUT2D eigenvalue weighted by Gasteiger charge is 2.37. The zero-order chi connectivity index (χ0) is 15.9. The van der Waals surface area contributed by atoms with E-state index in [2.05, 4.69) is 0 Å². The zero-order valence-corrected chi connectivity index (χ0v) is 12.2. The van der Waals surface area contributed by atoms with Gasteiger partial charge in [0.05, 0.1) is 13.0 Å². The van der Waals surface area contributed by atoms with Crippen LogP contribution in [0.3, 0.4) is 0 Å². The van der Waals surface area contributed by atoms with Crippen LogP contribution >= 0.6 is 0 Å². The predicted octanol–water partition coefficient (Wildman–Crippen LogP) is 3.26. The maximum Gasteiger partial charge on any atom is 0.313 e. The van der Waals surface area contributed by atoms with Crippen LogP contribution in [-0.4, -0.2) is 25.5 Å². The van der Waals surface area contributed by atoms with Crippen molar-refractivity contribution in [3.8, 4) is 0 Å². The standard InChI is InChI=1S/C18H17FO3/c1-22-18(21)17(14-10-6-3-7-11-14)16(15(19)12-20)13-8-4-2-5-9-13/h2-12,15-17H,1H3/t15-,16-,17+/m1/s1. The summed E-state index contributed by atoms with van der Waals surface area (Å²) in [6, 6.07) is 17.5. The quantitative estimate of drug-likeness (QED) is 0.607. The number of hydrogen-bond donors (Lipinski definition) is 0. The molecule has 0 aliphatic rings. The highest BCUT2D eigenvalue weighted by molar-refractivity contribution is 5.80. The fourth-order valence-electron chi connectivity index (χ4n) is 2.60. The SMILES string of the molecule is COC(=O)[C@@H](c1ccccc1)[C@H](c1ccccc1)[C@H](F)C=O.